The molecule has 0 aromatic heterocycles. The van der Waals surface area contributed by atoms with E-state index in [0.29, 0.717) is 10.6 Å². The minimum Gasteiger partial charge on any atom is -0.485 e. The van der Waals surface area contributed by atoms with Gasteiger partial charge in [-0.3, -0.25) is 0 Å². The number of ether oxygens (including phenoxy) is 1. The van der Waals surface area contributed by atoms with Crippen molar-refractivity contribution in [3.05, 3.63) is 63.9 Å². The minimum atomic E-state index is -0.195. The van der Waals surface area contributed by atoms with Crippen LogP contribution in [0.5, 0.6) is 5.75 Å². The van der Waals surface area contributed by atoms with Crippen LogP contribution in [0, 0.1) is 12.7 Å². The molecular formula is C17H17ClFNO. The van der Waals surface area contributed by atoms with Crippen LogP contribution in [0.25, 0.3) is 0 Å². The second kappa shape index (κ2) is 5.66. The molecule has 1 N–H and O–H groups in total. The Morgan fingerprint density at radius 1 is 1.24 bits per heavy atom. The predicted molar refractivity (Wildman–Crippen MR) is 82.4 cm³/mol. The smallest absolute Gasteiger partial charge is 0.126 e. The minimum absolute atomic E-state index is 0.141. The third-order valence-corrected chi connectivity index (χ3v) is 4.22. The van der Waals surface area contributed by atoms with E-state index in [0.717, 1.165) is 23.3 Å². The first-order chi connectivity index (χ1) is 10.1. The summed E-state index contributed by atoms with van der Waals surface area (Å²) in [6.45, 7) is 1.76. The average molecular weight is 306 g/mol. The summed E-state index contributed by atoms with van der Waals surface area (Å²) in [5, 5.41) is 3.97. The van der Waals surface area contributed by atoms with Gasteiger partial charge < -0.3 is 10.1 Å². The lowest BCUT2D eigenvalue weighted by atomic mass is 9.92. The number of aryl methyl sites for hydroxylation is 1. The van der Waals surface area contributed by atoms with Crippen LogP contribution in [-0.2, 0) is 0 Å². The summed E-state index contributed by atoms with van der Waals surface area (Å²) in [5.41, 5.74) is 2.56. The van der Waals surface area contributed by atoms with Gasteiger partial charge in [-0.15, -0.1) is 0 Å². The van der Waals surface area contributed by atoms with Crippen LogP contribution >= 0.6 is 11.6 Å². The molecule has 0 saturated heterocycles. The Morgan fingerprint density at radius 3 is 2.76 bits per heavy atom. The number of benzene rings is 2. The maximum atomic E-state index is 13.8. The first-order valence-corrected chi connectivity index (χ1v) is 7.35. The number of rotatable bonds is 2. The molecule has 0 radical (unpaired) electrons. The van der Waals surface area contributed by atoms with Gasteiger partial charge >= 0.3 is 0 Å². The molecule has 0 saturated carbocycles. The topological polar surface area (TPSA) is 21.3 Å². The summed E-state index contributed by atoms with van der Waals surface area (Å²) in [7, 11) is 1.91. The molecule has 21 heavy (non-hydrogen) atoms. The quantitative estimate of drug-likeness (QED) is 0.877. The van der Waals surface area contributed by atoms with Crippen molar-refractivity contribution in [3.8, 4) is 5.75 Å². The Kier molecular flexibility index (Phi) is 3.87. The third-order valence-electron chi connectivity index (χ3n) is 3.98. The third kappa shape index (κ3) is 2.76. The lowest BCUT2D eigenvalue weighted by Crippen LogP contribution is -2.26. The van der Waals surface area contributed by atoms with E-state index >= 15 is 0 Å². The average Bonchev–Trinajstić information content (AvgIpc) is 2.49. The van der Waals surface area contributed by atoms with Crippen LogP contribution in [0.2, 0.25) is 5.02 Å². The maximum Gasteiger partial charge on any atom is 0.126 e. The molecule has 2 nitrogen and oxygen atoms in total. The Balaban J connectivity index is 1.96. The Bertz CT molecular complexity index is 674. The summed E-state index contributed by atoms with van der Waals surface area (Å²) in [4.78, 5) is 0. The van der Waals surface area contributed by atoms with Gasteiger partial charge in [-0.1, -0.05) is 23.7 Å². The van der Waals surface area contributed by atoms with Crippen LogP contribution in [-0.4, -0.2) is 7.05 Å². The standard InChI is InChI=1S/C17H17ClFNO/c1-10-3-4-11(7-14(10)19)17-9-15(20-2)13-8-12(18)5-6-16(13)21-17/h3-8,15,17,20H,9H2,1-2H3. The van der Waals surface area contributed by atoms with Crippen molar-refractivity contribution in [3.63, 3.8) is 0 Å². The van der Waals surface area contributed by atoms with Gasteiger partial charge in [0.25, 0.3) is 0 Å². The fourth-order valence-corrected chi connectivity index (χ4v) is 2.91. The molecule has 2 aromatic rings. The highest BCUT2D eigenvalue weighted by Gasteiger charge is 2.28. The maximum absolute atomic E-state index is 13.8. The van der Waals surface area contributed by atoms with Gasteiger partial charge in [0.05, 0.1) is 0 Å². The van der Waals surface area contributed by atoms with Crippen LogP contribution < -0.4 is 10.1 Å². The van der Waals surface area contributed by atoms with E-state index in [1.165, 1.54) is 0 Å². The summed E-state index contributed by atoms with van der Waals surface area (Å²) < 4.78 is 19.8. The van der Waals surface area contributed by atoms with Gasteiger partial charge in [0, 0.05) is 23.0 Å². The summed E-state index contributed by atoms with van der Waals surface area (Å²) >= 11 is 6.06. The van der Waals surface area contributed by atoms with Crippen molar-refractivity contribution in [2.75, 3.05) is 7.05 Å². The molecule has 0 spiro atoms. The van der Waals surface area contributed by atoms with Crippen LogP contribution in [0.1, 0.15) is 35.3 Å². The van der Waals surface area contributed by atoms with Crippen LogP contribution in [0.4, 0.5) is 4.39 Å². The normalized spacial score (nSPS) is 20.8. The molecule has 0 aliphatic carbocycles. The summed E-state index contributed by atoms with van der Waals surface area (Å²) in [6.07, 6.45) is 0.582. The van der Waals surface area contributed by atoms with E-state index < -0.39 is 0 Å². The van der Waals surface area contributed by atoms with E-state index in [1.54, 1.807) is 19.1 Å². The molecule has 110 valence electrons. The lowest BCUT2D eigenvalue weighted by molar-refractivity contribution is 0.153. The molecule has 1 heterocycles. The molecule has 0 fully saturated rings. The zero-order valence-corrected chi connectivity index (χ0v) is 12.7. The van der Waals surface area contributed by atoms with Crippen molar-refractivity contribution in [1.82, 2.24) is 5.32 Å². The zero-order chi connectivity index (χ0) is 15.0. The van der Waals surface area contributed by atoms with Crippen molar-refractivity contribution in [1.29, 1.82) is 0 Å². The molecule has 0 bridgehead atoms. The number of nitrogens with one attached hydrogen (secondary N) is 1. The van der Waals surface area contributed by atoms with Gasteiger partial charge in [-0.2, -0.15) is 0 Å². The number of halogens is 2. The van der Waals surface area contributed by atoms with Crippen LogP contribution in [0.15, 0.2) is 36.4 Å². The predicted octanol–water partition coefficient (Wildman–Crippen LogP) is 4.57. The summed E-state index contributed by atoms with van der Waals surface area (Å²) in [6, 6.07) is 11.0. The molecule has 3 rings (SSSR count). The number of hydrogen-bond donors (Lipinski definition) is 1. The Hall–Kier alpha value is -1.58. The van der Waals surface area contributed by atoms with Crippen molar-refractivity contribution >= 4 is 11.6 Å². The second-order valence-electron chi connectivity index (χ2n) is 5.37. The van der Waals surface area contributed by atoms with Gasteiger partial charge in [0.1, 0.15) is 17.7 Å². The largest absolute Gasteiger partial charge is 0.485 e. The van der Waals surface area contributed by atoms with E-state index in [1.807, 2.05) is 31.3 Å². The fourth-order valence-electron chi connectivity index (χ4n) is 2.73. The lowest BCUT2D eigenvalue weighted by Gasteiger charge is -2.32. The van der Waals surface area contributed by atoms with Crippen molar-refractivity contribution in [2.24, 2.45) is 0 Å². The Morgan fingerprint density at radius 2 is 2.05 bits per heavy atom. The van der Waals surface area contributed by atoms with E-state index in [4.69, 9.17) is 16.3 Å². The number of fused-ring (bicyclic) bond motifs is 1. The SMILES string of the molecule is CNC1CC(c2ccc(C)c(F)c2)Oc2ccc(Cl)cc21. The Labute approximate surface area is 128 Å². The van der Waals surface area contributed by atoms with E-state index in [-0.39, 0.29) is 18.0 Å². The van der Waals surface area contributed by atoms with Crippen molar-refractivity contribution in [2.45, 2.75) is 25.5 Å². The van der Waals surface area contributed by atoms with Gasteiger partial charge in [0.15, 0.2) is 0 Å². The highest BCUT2D eigenvalue weighted by molar-refractivity contribution is 6.30. The molecule has 0 amide bonds. The first kappa shape index (κ1) is 14.4. The first-order valence-electron chi connectivity index (χ1n) is 6.98. The molecule has 2 aromatic carbocycles. The highest BCUT2D eigenvalue weighted by atomic mass is 35.5. The molecule has 1 aliphatic rings. The van der Waals surface area contributed by atoms with E-state index in [2.05, 4.69) is 5.32 Å². The van der Waals surface area contributed by atoms with Gasteiger partial charge in [0.2, 0.25) is 0 Å². The molecule has 2 unspecified atom stereocenters. The van der Waals surface area contributed by atoms with E-state index in [9.17, 15) is 4.39 Å². The fraction of sp³-hybridized carbons (Fsp3) is 0.294. The van der Waals surface area contributed by atoms with Gasteiger partial charge in [-0.05, 0) is 49.4 Å². The van der Waals surface area contributed by atoms with Gasteiger partial charge in [-0.25, -0.2) is 4.39 Å². The highest BCUT2D eigenvalue weighted by Crippen LogP contribution is 2.41. The zero-order valence-electron chi connectivity index (χ0n) is 12.0. The van der Waals surface area contributed by atoms with Crippen LogP contribution in [0.3, 0.4) is 0 Å². The monoisotopic (exact) mass is 305 g/mol. The second-order valence-corrected chi connectivity index (χ2v) is 5.81. The molecular weight excluding hydrogens is 289 g/mol. The summed E-state index contributed by atoms with van der Waals surface area (Å²) in [5.74, 6) is 0.606. The molecule has 4 heteroatoms. The van der Waals surface area contributed by atoms with Crippen molar-refractivity contribution < 1.29 is 9.13 Å². The molecule has 1 aliphatic heterocycles. The number of hydrogen-bond acceptors (Lipinski definition) is 2. The molecule has 2 atom stereocenters.